The van der Waals surface area contributed by atoms with Crippen molar-refractivity contribution in [1.82, 2.24) is 9.97 Å². The summed E-state index contributed by atoms with van der Waals surface area (Å²) in [7, 11) is 0. The minimum absolute atomic E-state index is 0.562. The molecule has 0 amide bonds. The average Bonchev–Trinajstić information content (AvgIpc) is 3.21. The Morgan fingerprint density at radius 1 is 1.28 bits per heavy atom. The quantitative estimate of drug-likeness (QED) is 0.736. The molecule has 2 saturated carbocycles. The maximum atomic E-state index is 6.14. The molecule has 0 aromatic carbocycles. The van der Waals surface area contributed by atoms with Gasteiger partial charge in [-0.15, -0.1) is 0 Å². The van der Waals surface area contributed by atoms with E-state index in [0.717, 1.165) is 37.1 Å². The molecule has 4 heteroatoms. The van der Waals surface area contributed by atoms with Gasteiger partial charge in [0.05, 0.1) is 0 Å². The molecule has 0 bridgehead atoms. The van der Waals surface area contributed by atoms with Gasteiger partial charge in [0.2, 0.25) is 0 Å². The molecule has 18 heavy (non-hydrogen) atoms. The molecule has 2 aliphatic rings. The monoisotopic (exact) mass is 265 g/mol. The molecule has 0 atom stereocenters. The summed E-state index contributed by atoms with van der Waals surface area (Å²) in [5.41, 5.74) is 0. The summed E-state index contributed by atoms with van der Waals surface area (Å²) >= 11 is 6.14. The maximum Gasteiger partial charge on any atom is 0.135 e. The van der Waals surface area contributed by atoms with Crippen LogP contribution in [0.4, 0.5) is 5.82 Å². The van der Waals surface area contributed by atoms with Crippen LogP contribution < -0.4 is 4.90 Å². The Morgan fingerprint density at radius 2 is 2.06 bits per heavy atom. The second-order valence-corrected chi connectivity index (χ2v) is 5.96. The molecule has 2 fully saturated rings. The van der Waals surface area contributed by atoms with Crippen LogP contribution in [0.5, 0.6) is 0 Å². The molecule has 3 rings (SSSR count). The van der Waals surface area contributed by atoms with E-state index in [2.05, 4.69) is 16.8 Å². The highest BCUT2D eigenvalue weighted by atomic mass is 35.5. The fourth-order valence-corrected chi connectivity index (χ4v) is 2.47. The first-order valence-corrected chi connectivity index (χ1v) is 7.43. The van der Waals surface area contributed by atoms with Gasteiger partial charge in [-0.05, 0) is 38.0 Å². The van der Waals surface area contributed by atoms with Gasteiger partial charge in [-0.2, -0.15) is 0 Å². The van der Waals surface area contributed by atoms with Crippen molar-refractivity contribution in [2.75, 3.05) is 18.0 Å². The zero-order chi connectivity index (χ0) is 12.5. The summed E-state index contributed by atoms with van der Waals surface area (Å²) in [6.45, 7) is 4.41. The van der Waals surface area contributed by atoms with Gasteiger partial charge in [0.15, 0.2) is 0 Å². The maximum absolute atomic E-state index is 6.14. The third-order valence-corrected chi connectivity index (χ3v) is 3.83. The molecule has 98 valence electrons. The third-order valence-electron chi connectivity index (χ3n) is 3.63. The van der Waals surface area contributed by atoms with Crippen molar-refractivity contribution < 1.29 is 0 Å². The number of rotatable bonds is 6. The Bertz CT molecular complexity index is 427. The van der Waals surface area contributed by atoms with Crippen molar-refractivity contribution >= 4 is 17.4 Å². The third kappa shape index (κ3) is 2.94. The Kier molecular flexibility index (Phi) is 3.42. The van der Waals surface area contributed by atoms with Gasteiger partial charge in [0.25, 0.3) is 0 Å². The number of hydrogen-bond donors (Lipinski definition) is 0. The summed E-state index contributed by atoms with van der Waals surface area (Å²) in [6.07, 6.45) is 6.32. The molecule has 3 nitrogen and oxygen atoms in total. The van der Waals surface area contributed by atoms with Gasteiger partial charge in [-0.3, -0.25) is 0 Å². The predicted molar refractivity (Wildman–Crippen MR) is 74.2 cm³/mol. The second-order valence-electron chi connectivity index (χ2n) is 5.57. The smallest absolute Gasteiger partial charge is 0.135 e. The van der Waals surface area contributed by atoms with E-state index in [1.54, 1.807) is 0 Å². The van der Waals surface area contributed by atoms with Gasteiger partial charge < -0.3 is 4.90 Å². The first kappa shape index (κ1) is 12.2. The predicted octanol–water partition coefficient (Wildman–Crippen LogP) is 3.63. The molecule has 0 spiro atoms. The molecular weight excluding hydrogens is 246 g/mol. The number of halogens is 1. The van der Waals surface area contributed by atoms with E-state index >= 15 is 0 Å². The van der Waals surface area contributed by atoms with Crippen molar-refractivity contribution in [1.29, 1.82) is 0 Å². The van der Waals surface area contributed by atoms with Crippen molar-refractivity contribution in [3.63, 3.8) is 0 Å². The van der Waals surface area contributed by atoms with E-state index < -0.39 is 0 Å². The standard InChI is InChI=1S/C14H20ClN3/c1-2-7-18(9-10-3-4-10)13-8-12(15)16-14(17-13)11-5-6-11/h8,10-11H,2-7,9H2,1H3. The second kappa shape index (κ2) is 5.04. The van der Waals surface area contributed by atoms with Gasteiger partial charge >= 0.3 is 0 Å². The summed E-state index contributed by atoms with van der Waals surface area (Å²) < 4.78 is 0. The fraction of sp³-hybridized carbons (Fsp3) is 0.714. The van der Waals surface area contributed by atoms with Crippen molar-refractivity contribution in [3.05, 3.63) is 17.0 Å². The van der Waals surface area contributed by atoms with E-state index in [4.69, 9.17) is 16.6 Å². The number of aromatic nitrogens is 2. The van der Waals surface area contributed by atoms with Crippen LogP contribution in [-0.2, 0) is 0 Å². The lowest BCUT2D eigenvalue weighted by atomic mass is 10.3. The van der Waals surface area contributed by atoms with Crippen LogP contribution in [0.2, 0.25) is 5.15 Å². The molecule has 0 radical (unpaired) electrons. The molecule has 1 aromatic heterocycles. The van der Waals surface area contributed by atoms with Gasteiger partial charge in [0, 0.05) is 25.1 Å². The van der Waals surface area contributed by atoms with Crippen LogP contribution in [0.15, 0.2) is 6.07 Å². The van der Waals surface area contributed by atoms with Crippen molar-refractivity contribution in [2.24, 2.45) is 5.92 Å². The van der Waals surface area contributed by atoms with Gasteiger partial charge in [-0.25, -0.2) is 9.97 Å². The van der Waals surface area contributed by atoms with Gasteiger partial charge in [-0.1, -0.05) is 18.5 Å². The largest absolute Gasteiger partial charge is 0.356 e. The van der Waals surface area contributed by atoms with E-state index in [1.807, 2.05) is 6.07 Å². The lowest BCUT2D eigenvalue weighted by molar-refractivity contribution is 0.694. The number of hydrogen-bond acceptors (Lipinski definition) is 3. The van der Waals surface area contributed by atoms with Crippen LogP contribution in [0.1, 0.15) is 50.8 Å². The summed E-state index contributed by atoms with van der Waals surface area (Å²) in [6, 6.07) is 1.92. The van der Waals surface area contributed by atoms with E-state index in [-0.39, 0.29) is 0 Å². The van der Waals surface area contributed by atoms with E-state index in [0.29, 0.717) is 11.1 Å². The van der Waals surface area contributed by atoms with Crippen LogP contribution in [0.25, 0.3) is 0 Å². The molecule has 1 aromatic rings. The summed E-state index contributed by atoms with van der Waals surface area (Å²) in [5.74, 6) is 3.42. The Balaban J connectivity index is 1.81. The Morgan fingerprint density at radius 3 is 2.67 bits per heavy atom. The SMILES string of the molecule is CCCN(CC1CC1)c1cc(Cl)nc(C2CC2)n1. The topological polar surface area (TPSA) is 29.0 Å². The zero-order valence-corrected chi connectivity index (χ0v) is 11.7. The van der Waals surface area contributed by atoms with Crippen molar-refractivity contribution in [3.8, 4) is 0 Å². The Hall–Kier alpha value is -0.830. The minimum atomic E-state index is 0.562. The Labute approximate surface area is 114 Å². The van der Waals surface area contributed by atoms with E-state index in [9.17, 15) is 0 Å². The minimum Gasteiger partial charge on any atom is -0.356 e. The van der Waals surface area contributed by atoms with E-state index in [1.165, 1.54) is 25.7 Å². The van der Waals surface area contributed by atoms with Crippen LogP contribution in [0.3, 0.4) is 0 Å². The highest BCUT2D eigenvalue weighted by Crippen LogP contribution is 2.39. The fourth-order valence-electron chi connectivity index (χ4n) is 2.29. The highest BCUT2D eigenvalue weighted by Gasteiger charge is 2.29. The van der Waals surface area contributed by atoms with Crippen LogP contribution >= 0.6 is 11.6 Å². The first-order valence-electron chi connectivity index (χ1n) is 7.05. The normalized spacial score (nSPS) is 19.0. The van der Waals surface area contributed by atoms with Crippen molar-refractivity contribution in [2.45, 2.75) is 44.9 Å². The molecule has 0 N–H and O–H groups in total. The average molecular weight is 266 g/mol. The number of anilines is 1. The van der Waals surface area contributed by atoms with Gasteiger partial charge in [0.1, 0.15) is 16.8 Å². The van der Waals surface area contributed by atoms with Crippen LogP contribution in [0, 0.1) is 5.92 Å². The summed E-state index contributed by atoms with van der Waals surface area (Å²) in [5, 5.41) is 0.596. The lowest BCUT2D eigenvalue weighted by Gasteiger charge is -2.23. The highest BCUT2D eigenvalue weighted by molar-refractivity contribution is 6.29. The summed E-state index contributed by atoms with van der Waals surface area (Å²) in [4.78, 5) is 11.5. The first-order chi connectivity index (χ1) is 8.76. The molecule has 1 heterocycles. The number of nitrogens with zero attached hydrogens (tertiary/aromatic N) is 3. The zero-order valence-electron chi connectivity index (χ0n) is 10.9. The molecule has 0 saturated heterocycles. The van der Waals surface area contributed by atoms with Crippen LogP contribution in [-0.4, -0.2) is 23.1 Å². The molecular formula is C14H20ClN3. The lowest BCUT2D eigenvalue weighted by Crippen LogP contribution is -2.27. The molecule has 0 unspecified atom stereocenters. The molecule has 0 aliphatic heterocycles. The molecule has 2 aliphatic carbocycles.